The number of hydrogen-bond acceptors (Lipinski definition) is 2. The van der Waals surface area contributed by atoms with Crippen molar-refractivity contribution in [2.45, 2.75) is 32.9 Å². The van der Waals surface area contributed by atoms with Gasteiger partial charge in [0.2, 0.25) is 0 Å². The van der Waals surface area contributed by atoms with E-state index in [0.29, 0.717) is 22.9 Å². The summed E-state index contributed by atoms with van der Waals surface area (Å²) in [6.45, 7) is 4.41. The summed E-state index contributed by atoms with van der Waals surface area (Å²) in [7, 11) is 0. The number of ether oxygens (including phenoxy) is 1. The van der Waals surface area contributed by atoms with E-state index in [4.69, 9.17) is 16.3 Å². The molecule has 2 aromatic carbocycles. The zero-order chi connectivity index (χ0) is 15.9. The van der Waals surface area contributed by atoms with E-state index in [9.17, 15) is 4.79 Å². The van der Waals surface area contributed by atoms with Gasteiger partial charge in [0.05, 0.1) is 5.56 Å². The minimum Gasteiger partial charge on any atom is -0.488 e. The van der Waals surface area contributed by atoms with Crippen molar-refractivity contribution in [2.24, 2.45) is 0 Å². The number of hydrogen-bond donors (Lipinski definition) is 1. The Bertz CT molecular complexity index is 625. The Morgan fingerprint density at radius 2 is 1.86 bits per heavy atom. The van der Waals surface area contributed by atoms with Gasteiger partial charge in [0.25, 0.3) is 5.91 Å². The molecule has 0 heterocycles. The number of halogens is 1. The molecule has 1 atom stereocenters. The van der Waals surface area contributed by atoms with Gasteiger partial charge in [0, 0.05) is 11.1 Å². The van der Waals surface area contributed by atoms with Crippen LogP contribution in [0.4, 0.5) is 0 Å². The first-order valence-corrected chi connectivity index (χ1v) is 7.75. The van der Waals surface area contributed by atoms with Crippen molar-refractivity contribution in [1.82, 2.24) is 5.32 Å². The van der Waals surface area contributed by atoms with Crippen molar-refractivity contribution < 1.29 is 9.53 Å². The van der Waals surface area contributed by atoms with Gasteiger partial charge >= 0.3 is 0 Å². The van der Waals surface area contributed by atoms with Gasteiger partial charge in [-0.15, -0.1) is 0 Å². The minimum absolute atomic E-state index is 0.110. The molecule has 1 unspecified atom stereocenters. The fraction of sp³-hybridized carbons (Fsp3) is 0.278. The molecule has 4 heteroatoms. The van der Waals surface area contributed by atoms with Gasteiger partial charge < -0.3 is 10.1 Å². The Morgan fingerprint density at radius 1 is 1.18 bits per heavy atom. The van der Waals surface area contributed by atoms with Crippen LogP contribution in [0.15, 0.2) is 48.5 Å². The molecule has 0 spiro atoms. The van der Waals surface area contributed by atoms with Gasteiger partial charge in [-0.25, -0.2) is 0 Å². The monoisotopic (exact) mass is 317 g/mol. The fourth-order valence-corrected chi connectivity index (χ4v) is 2.05. The molecule has 1 amide bonds. The third-order valence-electron chi connectivity index (χ3n) is 3.43. The Balaban J connectivity index is 2.07. The van der Waals surface area contributed by atoms with E-state index >= 15 is 0 Å². The SMILES string of the molecule is CCC(C)NC(=O)c1ccccc1OCc1ccc(Cl)cc1. The first kappa shape index (κ1) is 16.4. The highest BCUT2D eigenvalue weighted by Crippen LogP contribution is 2.20. The van der Waals surface area contributed by atoms with Crippen LogP contribution >= 0.6 is 11.6 Å². The van der Waals surface area contributed by atoms with Crippen molar-refractivity contribution in [3.63, 3.8) is 0 Å². The Morgan fingerprint density at radius 3 is 2.55 bits per heavy atom. The van der Waals surface area contributed by atoms with Crippen LogP contribution in [0.5, 0.6) is 5.75 Å². The van der Waals surface area contributed by atoms with Crippen molar-refractivity contribution in [1.29, 1.82) is 0 Å². The van der Waals surface area contributed by atoms with Crippen LogP contribution in [0.2, 0.25) is 5.02 Å². The van der Waals surface area contributed by atoms with E-state index in [0.717, 1.165) is 12.0 Å². The zero-order valence-corrected chi connectivity index (χ0v) is 13.6. The number of nitrogens with one attached hydrogen (secondary N) is 1. The van der Waals surface area contributed by atoms with Crippen LogP contribution in [-0.2, 0) is 6.61 Å². The first-order valence-electron chi connectivity index (χ1n) is 7.37. The van der Waals surface area contributed by atoms with Crippen LogP contribution < -0.4 is 10.1 Å². The predicted octanol–water partition coefficient (Wildman–Crippen LogP) is 4.45. The van der Waals surface area contributed by atoms with Crippen molar-refractivity contribution >= 4 is 17.5 Å². The molecule has 1 N–H and O–H groups in total. The summed E-state index contributed by atoms with van der Waals surface area (Å²) < 4.78 is 5.80. The maximum absolute atomic E-state index is 12.3. The highest BCUT2D eigenvalue weighted by Gasteiger charge is 2.13. The minimum atomic E-state index is -0.110. The van der Waals surface area contributed by atoms with E-state index < -0.39 is 0 Å². The average molecular weight is 318 g/mol. The molecule has 0 aliphatic rings. The molecular formula is C18H20ClNO2. The Labute approximate surface area is 136 Å². The van der Waals surface area contributed by atoms with Gasteiger partial charge in [-0.05, 0) is 43.2 Å². The molecule has 0 aliphatic carbocycles. The second-order valence-corrected chi connectivity index (χ2v) is 5.63. The molecule has 2 aromatic rings. The highest BCUT2D eigenvalue weighted by molar-refractivity contribution is 6.30. The molecule has 0 saturated heterocycles. The van der Waals surface area contributed by atoms with Gasteiger partial charge in [0.1, 0.15) is 12.4 Å². The molecule has 22 heavy (non-hydrogen) atoms. The Kier molecular flexibility index (Phi) is 5.84. The van der Waals surface area contributed by atoms with Crippen LogP contribution in [0, 0.1) is 0 Å². The average Bonchev–Trinajstić information content (AvgIpc) is 2.54. The summed E-state index contributed by atoms with van der Waals surface area (Å²) >= 11 is 5.86. The van der Waals surface area contributed by atoms with E-state index in [2.05, 4.69) is 5.32 Å². The van der Waals surface area contributed by atoms with Gasteiger partial charge in [-0.3, -0.25) is 4.79 Å². The molecule has 0 aliphatic heterocycles. The topological polar surface area (TPSA) is 38.3 Å². The van der Waals surface area contributed by atoms with E-state index in [1.165, 1.54) is 0 Å². The van der Waals surface area contributed by atoms with Crippen LogP contribution in [0.3, 0.4) is 0 Å². The first-order chi connectivity index (χ1) is 10.6. The van der Waals surface area contributed by atoms with Crippen LogP contribution in [-0.4, -0.2) is 11.9 Å². The lowest BCUT2D eigenvalue weighted by atomic mass is 10.1. The maximum Gasteiger partial charge on any atom is 0.255 e. The molecular weight excluding hydrogens is 298 g/mol. The number of amides is 1. The molecule has 0 saturated carbocycles. The van der Waals surface area contributed by atoms with E-state index in [1.54, 1.807) is 12.1 Å². The molecule has 2 rings (SSSR count). The number of para-hydroxylation sites is 1. The number of carbonyl (C=O) groups is 1. The lowest BCUT2D eigenvalue weighted by Crippen LogP contribution is -2.32. The van der Waals surface area contributed by atoms with Crippen LogP contribution in [0.25, 0.3) is 0 Å². The van der Waals surface area contributed by atoms with Crippen molar-refractivity contribution in [3.05, 3.63) is 64.7 Å². The maximum atomic E-state index is 12.3. The summed E-state index contributed by atoms with van der Waals surface area (Å²) in [6.07, 6.45) is 0.888. The summed E-state index contributed by atoms with van der Waals surface area (Å²) in [5.41, 5.74) is 1.55. The summed E-state index contributed by atoms with van der Waals surface area (Å²) in [4.78, 5) is 12.3. The third-order valence-corrected chi connectivity index (χ3v) is 3.68. The number of benzene rings is 2. The molecule has 0 fully saturated rings. The molecule has 0 radical (unpaired) electrons. The number of rotatable bonds is 6. The van der Waals surface area contributed by atoms with Gasteiger partial charge in [-0.1, -0.05) is 42.8 Å². The summed E-state index contributed by atoms with van der Waals surface area (Å²) in [5, 5.41) is 3.65. The lowest BCUT2D eigenvalue weighted by Gasteiger charge is -2.14. The molecule has 3 nitrogen and oxygen atoms in total. The normalized spacial score (nSPS) is 11.8. The molecule has 116 valence electrons. The second kappa shape index (κ2) is 7.85. The van der Waals surface area contributed by atoms with Gasteiger partial charge in [-0.2, -0.15) is 0 Å². The van der Waals surface area contributed by atoms with Gasteiger partial charge in [0.15, 0.2) is 0 Å². The third kappa shape index (κ3) is 4.50. The number of carbonyl (C=O) groups excluding carboxylic acids is 1. The smallest absolute Gasteiger partial charge is 0.255 e. The summed E-state index contributed by atoms with van der Waals surface area (Å²) in [5.74, 6) is 0.472. The molecule has 0 aromatic heterocycles. The van der Waals surface area contributed by atoms with Crippen LogP contribution in [0.1, 0.15) is 36.2 Å². The Hall–Kier alpha value is -2.00. The van der Waals surface area contributed by atoms with Crippen molar-refractivity contribution in [3.8, 4) is 5.75 Å². The zero-order valence-electron chi connectivity index (χ0n) is 12.8. The standard InChI is InChI=1S/C18H20ClNO2/c1-3-13(2)20-18(21)16-6-4-5-7-17(16)22-12-14-8-10-15(19)11-9-14/h4-11,13H,3,12H2,1-2H3,(H,20,21). The van der Waals surface area contributed by atoms with E-state index in [1.807, 2.05) is 50.2 Å². The molecule has 0 bridgehead atoms. The van der Waals surface area contributed by atoms with Crippen molar-refractivity contribution in [2.75, 3.05) is 0 Å². The largest absolute Gasteiger partial charge is 0.488 e. The van der Waals surface area contributed by atoms with E-state index in [-0.39, 0.29) is 11.9 Å². The summed E-state index contributed by atoms with van der Waals surface area (Å²) in [6, 6.07) is 14.9. The highest BCUT2D eigenvalue weighted by atomic mass is 35.5. The lowest BCUT2D eigenvalue weighted by molar-refractivity contribution is 0.0934. The predicted molar refractivity (Wildman–Crippen MR) is 89.4 cm³/mol. The second-order valence-electron chi connectivity index (χ2n) is 5.19. The quantitative estimate of drug-likeness (QED) is 0.855. The fourth-order valence-electron chi connectivity index (χ4n) is 1.93.